The third-order valence-electron chi connectivity index (χ3n) is 6.55. The van der Waals surface area contributed by atoms with Crippen molar-refractivity contribution < 1.29 is 28.2 Å². The predicted octanol–water partition coefficient (Wildman–Crippen LogP) is 4.43. The Morgan fingerprint density at radius 2 is 1.88 bits per heavy atom. The largest absolute Gasteiger partial charge is 0.493 e. The molecule has 0 radical (unpaired) electrons. The number of piperazine rings is 1. The van der Waals surface area contributed by atoms with E-state index in [-0.39, 0.29) is 29.7 Å². The number of carbonyl (C=O) groups excluding carboxylic acids is 2. The molecule has 2 aromatic carbocycles. The molecule has 1 N–H and O–H groups in total. The minimum absolute atomic E-state index is 0.0102. The number of nitrogens with one attached hydrogen (secondary N) is 1. The lowest BCUT2D eigenvalue weighted by Crippen LogP contribution is -2.49. The lowest BCUT2D eigenvalue weighted by molar-refractivity contribution is -0.146. The molecule has 0 unspecified atom stereocenters. The number of carbonyl (C=O) groups is 2. The van der Waals surface area contributed by atoms with Gasteiger partial charge < -0.3 is 24.4 Å². The molecule has 0 saturated carbocycles. The molecule has 1 fully saturated rings. The number of methoxy groups -OCH3 is 1. The van der Waals surface area contributed by atoms with E-state index in [0.29, 0.717) is 60.2 Å². The minimum atomic E-state index is -0.499. The van der Waals surface area contributed by atoms with Crippen LogP contribution in [0.5, 0.6) is 11.5 Å². The maximum Gasteiger partial charge on any atom is 0.306 e. The Morgan fingerprint density at radius 1 is 1.07 bits per heavy atom. The number of hydrogen-bond acceptors (Lipinski definition) is 9. The number of amides is 1. The van der Waals surface area contributed by atoms with Gasteiger partial charge in [0.2, 0.25) is 5.91 Å². The van der Waals surface area contributed by atoms with Crippen molar-refractivity contribution in [1.82, 2.24) is 19.8 Å². The second-order valence-corrected chi connectivity index (χ2v) is 9.63. The quantitative estimate of drug-likeness (QED) is 0.249. The summed E-state index contributed by atoms with van der Waals surface area (Å²) >= 11 is 5.92. The molecule has 1 saturated heterocycles. The van der Waals surface area contributed by atoms with E-state index in [2.05, 4.69) is 20.2 Å². The molecule has 0 atom stereocenters. The third kappa shape index (κ3) is 7.70. The number of rotatable bonds is 12. The first-order chi connectivity index (χ1) is 19.4. The fraction of sp³-hybridized carbons (Fsp3) is 0.429. The number of anilines is 2. The third-order valence-corrected chi connectivity index (χ3v) is 6.84. The van der Waals surface area contributed by atoms with Crippen LogP contribution >= 0.6 is 11.6 Å². The summed E-state index contributed by atoms with van der Waals surface area (Å²) in [6, 6.07) is 7.96. The molecule has 1 aromatic heterocycles. The van der Waals surface area contributed by atoms with Gasteiger partial charge in [-0.1, -0.05) is 11.6 Å². The Bertz CT molecular complexity index is 1340. The molecular weight excluding hydrogens is 541 g/mol. The first kappa shape index (κ1) is 29.3. The summed E-state index contributed by atoms with van der Waals surface area (Å²) in [7, 11) is 1.57. The van der Waals surface area contributed by atoms with Crippen molar-refractivity contribution in [2.24, 2.45) is 0 Å². The number of aromatic nitrogens is 2. The second-order valence-electron chi connectivity index (χ2n) is 9.23. The monoisotopic (exact) mass is 573 g/mol. The van der Waals surface area contributed by atoms with Crippen molar-refractivity contribution in [2.45, 2.75) is 26.2 Å². The molecule has 10 nitrogen and oxygen atoms in total. The summed E-state index contributed by atoms with van der Waals surface area (Å²) in [5.74, 6) is 0.783. The Kier molecular flexibility index (Phi) is 10.3. The Morgan fingerprint density at radius 3 is 2.60 bits per heavy atom. The smallest absolute Gasteiger partial charge is 0.306 e. The second kappa shape index (κ2) is 14.1. The zero-order valence-corrected chi connectivity index (χ0v) is 23.4. The minimum Gasteiger partial charge on any atom is -0.493 e. The summed E-state index contributed by atoms with van der Waals surface area (Å²) in [4.78, 5) is 36.7. The summed E-state index contributed by atoms with van der Waals surface area (Å²) < 4.78 is 30.1. The summed E-state index contributed by atoms with van der Waals surface area (Å²) in [6.07, 6.45) is 2.51. The molecule has 0 bridgehead atoms. The van der Waals surface area contributed by atoms with Crippen LogP contribution in [-0.2, 0) is 14.3 Å². The molecule has 3 aromatic rings. The Hall–Kier alpha value is -3.70. The van der Waals surface area contributed by atoms with Gasteiger partial charge in [-0.25, -0.2) is 14.4 Å². The average molecular weight is 574 g/mol. The van der Waals surface area contributed by atoms with Gasteiger partial charge in [0, 0.05) is 56.3 Å². The van der Waals surface area contributed by atoms with Crippen molar-refractivity contribution >= 4 is 45.9 Å². The molecule has 1 amide bonds. The summed E-state index contributed by atoms with van der Waals surface area (Å²) in [6.45, 7) is 6.16. The number of halogens is 2. The van der Waals surface area contributed by atoms with E-state index >= 15 is 0 Å². The fourth-order valence-electron chi connectivity index (χ4n) is 4.44. The van der Waals surface area contributed by atoms with Crippen LogP contribution in [0.15, 0.2) is 36.7 Å². The number of esters is 1. The molecule has 0 spiro atoms. The van der Waals surface area contributed by atoms with Gasteiger partial charge in [-0.3, -0.25) is 14.5 Å². The van der Waals surface area contributed by atoms with E-state index in [1.54, 1.807) is 31.1 Å². The average Bonchev–Trinajstić information content (AvgIpc) is 2.96. The number of hydrogen-bond donors (Lipinski definition) is 1. The molecule has 2 heterocycles. The van der Waals surface area contributed by atoms with E-state index in [1.807, 2.05) is 6.07 Å². The Balaban J connectivity index is 1.29. The number of ether oxygens (including phenoxy) is 3. The van der Waals surface area contributed by atoms with E-state index in [0.717, 1.165) is 26.1 Å². The first-order valence-electron chi connectivity index (χ1n) is 13.2. The van der Waals surface area contributed by atoms with Crippen LogP contribution in [0.1, 0.15) is 26.2 Å². The summed E-state index contributed by atoms with van der Waals surface area (Å²) in [5, 5.41) is 3.89. The van der Waals surface area contributed by atoms with Crippen LogP contribution in [0.3, 0.4) is 0 Å². The van der Waals surface area contributed by atoms with Crippen molar-refractivity contribution in [3.8, 4) is 11.5 Å². The predicted molar refractivity (Wildman–Crippen MR) is 150 cm³/mol. The van der Waals surface area contributed by atoms with Crippen LogP contribution in [0.4, 0.5) is 15.9 Å². The van der Waals surface area contributed by atoms with E-state index < -0.39 is 5.82 Å². The summed E-state index contributed by atoms with van der Waals surface area (Å²) in [5.41, 5.74) is 1.25. The highest BCUT2D eigenvalue weighted by Gasteiger charge is 2.21. The molecule has 0 aliphatic carbocycles. The molecule has 214 valence electrons. The van der Waals surface area contributed by atoms with Gasteiger partial charge in [-0.05, 0) is 37.6 Å². The number of nitrogens with zero attached hydrogens (tertiary/aromatic N) is 4. The zero-order valence-electron chi connectivity index (χ0n) is 22.6. The molecule has 1 aliphatic heterocycles. The fourth-order valence-corrected chi connectivity index (χ4v) is 4.62. The highest BCUT2D eigenvalue weighted by molar-refractivity contribution is 6.31. The van der Waals surface area contributed by atoms with E-state index in [9.17, 15) is 14.0 Å². The van der Waals surface area contributed by atoms with Gasteiger partial charge >= 0.3 is 5.97 Å². The molecule has 4 rings (SSSR count). The molecule has 1 aliphatic rings. The first-order valence-corrected chi connectivity index (χ1v) is 13.6. The van der Waals surface area contributed by atoms with Crippen molar-refractivity contribution in [1.29, 1.82) is 0 Å². The van der Waals surface area contributed by atoms with E-state index in [4.69, 9.17) is 25.8 Å². The molecule has 40 heavy (non-hydrogen) atoms. The van der Waals surface area contributed by atoms with Crippen LogP contribution in [0.25, 0.3) is 10.9 Å². The van der Waals surface area contributed by atoms with Crippen molar-refractivity contribution in [3.63, 3.8) is 0 Å². The van der Waals surface area contributed by atoms with Crippen molar-refractivity contribution in [3.05, 3.63) is 47.5 Å². The van der Waals surface area contributed by atoms with E-state index in [1.165, 1.54) is 18.5 Å². The topological polar surface area (TPSA) is 106 Å². The van der Waals surface area contributed by atoms with Crippen LogP contribution < -0.4 is 14.8 Å². The van der Waals surface area contributed by atoms with Crippen LogP contribution in [-0.4, -0.2) is 84.7 Å². The maximum absolute atomic E-state index is 13.6. The number of benzene rings is 2. The van der Waals surface area contributed by atoms with Gasteiger partial charge in [-0.15, -0.1) is 0 Å². The highest BCUT2D eigenvalue weighted by atomic mass is 35.5. The normalized spacial score (nSPS) is 13.8. The van der Waals surface area contributed by atoms with Crippen molar-refractivity contribution in [2.75, 3.05) is 58.4 Å². The van der Waals surface area contributed by atoms with Gasteiger partial charge in [0.1, 0.15) is 18.0 Å². The SMILES string of the molecule is CCOC(=O)CCC(=O)N1CCN(CCCOc2cc3c(Nc4ccc(F)c(Cl)c4)ncnc3cc2OC)CC1. The van der Waals surface area contributed by atoms with Gasteiger partial charge in [-0.2, -0.15) is 0 Å². The molecular formula is C28H33ClFN5O5. The standard InChI is InChI=1S/C28H33ClFN5O5/c1-3-39-27(37)8-7-26(36)35-12-10-34(11-13-35)9-4-14-40-25-16-20-23(17-24(25)38-2)31-18-32-28(20)33-19-5-6-22(30)21(29)15-19/h5-6,15-18H,3-4,7-14H2,1-2H3,(H,31,32,33). The van der Waals surface area contributed by atoms with Crippen LogP contribution in [0, 0.1) is 5.82 Å². The Labute approximate surface area is 237 Å². The zero-order chi connectivity index (χ0) is 28.5. The molecule has 12 heteroatoms. The number of fused-ring (bicyclic) bond motifs is 1. The lowest BCUT2D eigenvalue weighted by Gasteiger charge is -2.34. The maximum atomic E-state index is 13.6. The van der Waals surface area contributed by atoms with Gasteiger partial charge in [0.05, 0.1) is 37.3 Å². The van der Waals surface area contributed by atoms with Gasteiger partial charge in [0.25, 0.3) is 0 Å². The van der Waals surface area contributed by atoms with Gasteiger partial charge in [0.15, 0.2) is 11.5 Å². The lowest BCUT2D eigenvalue weighted by atomic mass is 10.2. The van der Waals surface area contributed by atoms with Crippen LogP contribution in [0.2, 0.25) is 5.02 Å². The highest BCUT2D eigenvalue weighted by Crippen LogP contribution is 2.35.